The summed E-state index contributed by atoms with van der Waals surface area (Å²) in [5.74, 6) is 0. The van der Waals surface area contributed by atoms with Crippen LogP contribution in [0.1, 0.15) is 26.3 Å². The topological polar surface area (TPSA) is 32.8 Å². The summed E-state index contributed by atoms with van der Waals surface area (Å²) in [6.07, 6.45) is -0.197. The number of ether oxygens (including phenoxy) is 1. The lowest BCUT2D eigenvalue weighted by molar-refractivity contribution is 0.0139. The van der Waals surface area contributed by atoms with Gasteiger partial charge in [-0.25, -0.2) is 4.79 Å². The van der Waals surface area contributed by atoms with Crippen LogP contribution in [0, 0.1) is 0 Å². The summed E-state index contributed by atoms with van der Waals surface area (Å²) in [4.78, 5) is 16.2. The fourth-order valence-corrected chi connectivity index (χ4v) is 2.37. The van der Waals surface area contributed by atoms with Crippen molar-refractivity contribution in [2.75, 3.05) is 26.2 Å². The molecule has 1 aliphatic heterocycles. The van der Waals surface area contributed by atoms with E-state index in [0.29, 0.717) is 0 Å². The van der Waals surface area contributed by atoms with Crippen molar-refractivity contribution in [2.45, 2.75) is 32.9 Å². The monoisotopic (exact) mass is 288 g/mol. The molecule has 114 valence electrons. The zero-order valence-electron chi connectivity index (χ0n) is 13.6. The van der Waals surface area contributed by atoms with Crippen molar-refractivity contribution in [3.8, 4) is 0 Å². The van der Waals surface area contributed by atoms with Crippen LogP contribution in [0.5, 0.6) is 0 Å². The first-order valence-corrected chi connectivity index (χ1v) is 7.59. The summed E-state index contributed by atoms with van der Waals surface area (Å²) in [6.45, 7) is 9.92. The van der Waals surface area contributed by atoms with Gasteiger partial charge in [-0.15, -0.1) is 0 Å². The number of amides is 1. The van der Waals surface area contributed by atoms with Gasteiger partial charge in [0.2, 0.25) is 0 Å². The van der Waals surface area contributed by atoms with E-state index in [4.69, 9.17) is 4.74 Å². The smallest absolute Gasteiger partial charge is 0.410 e. The van der Waals surface area contributed by atoms with E-state index < -0.39 is 5.60 Å². The van der Waals surface area contributed by atoms with Crippen LogP contribution >= 0.6 is 0 Å². The zero-order valence-corrected chi connectivity index (χ0v) is 13.6. The molecule has 5 heteroatoms. The Hall–Kier alpha value is -1.49. The standard InChI is InChI=1S/C16H25BN2O2/c1-16(2,3)21-15(20)19-10-8-18(9-11-19)12-13-4-6-14(17)7-5-13/h4-7H,8-12,17H2,1-3H3. The Morgan fingerprint density at radius 1 is 1.14 bits per heavy atom. The van der Waals surface area contributed by atoms with E-state index in [0.717, 1.165) is 32.7 Å². The van der Waals surface area contributed by atoms with Crippen LogP contribution in [0.3, 0.4) is 0 Å². The van der Waals surface area contributed by atoms with Crippen molar-refractivity contribution in [1.29, 1.82) is 0 Å². The third-order valence-electron chi connectivity index (χ3n) is 3.55. The Morgan fingerprint density at radius 2 is 1.71 bits per heavy atom. The number of benzene rings is 1. The van der Waals surface area contributed by atoms with Gasteiger partial charge < -0.3 is 9.64 Å². The lowest BCUT2D eigenvalue weighted by Crippen LogP contribution is -2.49. The molecule has 0 aliphatic carbocycles. The molecule has 0 bridgehead atoms. The Bertz CT molecular complexity index is 474. The maximum absolute atomic E-state index is 12.0. The molecule has 2 rings (SSSR count). The van der Waals surface area contributed by atoms with Crippen LogP contribution in [0.4, 0.5) is 4.79 Å². The van der Waals surface area contributed by atoms with Crippen molar-refractivity contribution >= 4 is 19.4 Å². The molecule has 0 atom stereocenters. The molecule has 1 fully saturated rings. The van der Waals surface area contributed by atoms with Gasteiger partial charge >= 0.3 is 6.09 Å². The number of rotatable bonds is 2. The number of piperazine rings is 1. The Kier molecular flexibility index (Phi) is 4.94. The second kappa shape index (κ2) is 6.52. The van der Waals surface area contributed by atoms with E-state index in [1.165, 1.54) is 11.0 Å². The van der Waals surface area contributed by atoms with Crippen LogP contribution in [0.2, 0.25) is 0 Å². The summed E-state index contributed by atoms with van der Waals surface area (Å²) in [7, 11) is 2.10. The predicted octanol–water partition coefficient (Wildman–Crippen LogP) is 0.998. The summed E-state index contributed by atoms with van der Waals surface area (Å²) in [5, 5.41) is 0. The average Bonchev–Trinajstić information content (AvgIpc) is 2.40. The van der Waals surface area contributed by atoms with Crippen molar-refractivity contribution < 1.29 is 9.53 Å². The van der Waals surface area contributed by atoms with E-state index in [2.05, 4.69) is 37.0 Å². The van der Waals surface area contributed by atoms with E-state index in [1.807, 2.05) is 20.8 Å². The first-order chi connectivity index (χ1) is 9.83. The highest BCUT2D eigenvalue weighted by Crippen LogP contribution is 2.13. The maximum Gasteiger partial charge on any atom is 0.410 e. The Morgan fingerprint density at radius 3 is 2.24 bits per heavy atom. The zero-order chi connectivity index (χ0) is 15.5. The summed E-state index contributed by atoms with van der Waals surface area (Å²) < 4.78 is 5.41. The lowest BCUT2D eigenvalue weighted by atomic mass is 9.95. The van der Waals surface area contributed by atoms with E-state index in [-0.39, 0.29) is 6.09 Å². The van der Waals surface area contributed by atoms with Crippen molar-refractivity contribution in [3.05, 3.63) is 29.8 Å². The predicted molar refractivity (Wildman–Crippen MR) is 87.7 cm³/mol. The number of carbonyl (C=O) groups excluding carboxylic acids is 1. The van der Waals surface area contributed by atoms with Gasteiger partial charge in [0.15, 0.2) is 0 Å². The molecule has 0 saturated carbocycles. The molecule has 0 unspecified atom stereocenters. The fourth-order valence-electron chi connectivity index (χ4n) is 2.37. The molecule has 1 saturated heterocycles. The van der Waals surface area contributed by atoms with Crippen LogP contribution in [-0.2, 0) is 11.3 Å². The maximum atomic E-state index is 12.0. The van der Waals surface area contributed by atoms with Gasteiger partial charge in [-0.3, -0.25) is 4.90 Å². The third-order valence-corrected chi connectivity index (χ3v) is 3.55. The van der Waals surface area contributed by atoms with Crippen LogP contribution in [0.25, 0.3) is 0 Å². The fraction of sp³-hybridized carbons (Fsp3) is 0.562. The normalized spacial score (nSPS) is 16.8. The van der Waals surface area contributed by atoms with Crippen molar-refractivity contribution in [2.24, 2.45) is 0 Å². The van der Waals surface area contributed by atoms with Gasteiger partial charge in [0, 0.05) is 32.7 Å². The van der Waals surface area contributed by atoms with Crippen LogP contribution in [0.15, 0.2) is 24.3 Å². The highest BCUT2D eigenvalue weighted by Gasteiger charge is 2.25. The molecular formula is C16H25BN2O2. The Labute approximate surface area is 128 Å². The minimum Gasteiger partial charge on any atom is -0.444 e. The first kappa shape index (κ1) is 15.9. The molecule has 1 aromatic rings. The highest BCUT2D eigenvalue weighted by atomic mass is 16.6. The van der Waals surface area contributed by atoms with Gasteiger partial charge in [-0.1, -0.05) is 29.7 Å². The van der Waals surface area contributed by atoms with E-state index in [1.54, 1.807) is 4.90 Å². The minimum absolute atomic E-state index is 0.197. The average molecular weight is 288 g/mol. The molecular weight excluding hydrogens is 263 g/mol. The van der Waals surface area contributed by atoms with Gasteiger partial charge in [-0.2, -0.15) is 0 Å². The van der Waals surface area contributed by atoms with E-state index >= 15 is 0 Å². The molecule has 4 nitrogen and oxygen atoms in total. The molecule has 0 N–H and O–H groups in total. The second-order valence-electron chi connectivity index (χ2n) is 6.73. The quantitative estimate of drug-likeness (QED) is 0.761. The molecule has 0 aromatic heterocycles. The van der Waals surface area contributed by atoms with Gasteiger partial charge in [-0.05, 0) is 26.3 Å². The Balaban J connectivity index is 1.80. The number of carbonyl (C=O) groups is 1. The number of nitrogens with zero attached hydrogens (tertiary/aromatic N) is 2. The molecule has 1 aliphatic rings. The third kappa shape index (κ3) is 5.08. The molecule has 0 radical (unpaired) electrons. The van der Waals surface area contributed by atoms with Crippen LogP contribution in [-0.4, -0.2) is 55.5 Å². The highest BCUT2D eigenvalue weighted by molar-refractivity contribution is 6.32. The second-order valence-corrected chi connectivity index (χ2v) is 6.73. The molecule has 21 heavy (non-hydrogen) atoms. The van der Waals surface area contributed by atoms with Crippen molar-refractivity contribution in [3.63, 3.8) is 0 Å². The summed E-state index contributed by atoms with van der Waals surface area (Å²) >= 11 is 0. The SMILES string of the molecule is Bc1ccc(CN2CCN(C(=O)OC(C)(C)C)CC2)cc1. The lowest BCUT2D eigenvalue weighted by Gasteiger charge is -2.35. The summed E-state index contributed by atoms with van der Waals surface area (Å²) in [5.41, 5.74) is 2.19. The molecule has 1 amide bonds. The van der Waals surface area contributed by atoms with Crippen LogP contribution < -0.4 is 5.46 Å². The largest absolute Gasteiger partial charge is 0.444 e. The van der Waals surface area contributed by atoms with Gasteiger partial charge in [0.05, 0.1) is 0 Å². The van der Waals surface area contributed by atoms with Gasteiger partial charge in [0.1, 0.15) is 13.4 Å². The summed E-state index contributed by atoms with van der Waals surface area (Å²) in [6, 6.07) is 8.64. The number of hydrogen-bond donors (Lipinski definition) is 0. The van der Waals surface area contributed by atoms with E-state index in [9.17, 15) is 4.79 Å². The minimum atomic E-state index is -0.421. The molecule has 1 aromatic carbocycles. The first-order valence-electron chi connectivity index (χ1n) is 7.59. The molecule has 1 heterocycles. The molecule has 0 spiro atoms. The van der Waals surface area contributed by atoms with Crippen molar-refractivity contribution in [1.82, 2.24) is 9.80 Å². The van der Waals surface area contributed by atoms with Gasteiger partial charge in [0.25, 0.3) is 0 Å². The number of hydrogen-bond acceptors (Lipinski definition) is 3.